The van der Waals surface area contributed by atoms with Gasteiger partial charge in [-0.3, -0.25) is 9.59 Å². The monoisotopic (exact) mass is 277 g/mol. The van der Waals surface area contributed by atoms with Gasteiger partial charge in [-0.1, -0.05) is 37.5 Å². The summed E-state index contributed by atoms with van der Waals surface area (Å²) in [5, 5.41) is 8.51. The minimum Gasteiger partial charge on any atom is -0.481 e. The molecule has 0 aliphatic heterocycles. The molecule has 20 heavy (non-hydrogen) atoms. The number of hydrogen-bond acceptors (Lipinski definition) is 2. The molecule has 1 amide bonds. The van der Waals surface area contributed by atoms with Crippen LogP contribution in [-0.2, 0) is 4.79 Å². The molecule has 0 aromatic heterocycles. The third-order valence-corrected chi connectivity index (χ3v) is 3.25. The summed E-state index contributed by atoms with van der Waals surface area (Å²) in [5.74, 6) is -0.672. The van der Waals surface area contributed by atoms with Crippen LogP contribution in [0.5, 0.6) is 0 Å². The summed E-state index contributed by atoms with van der Waals surface area (Å²) in [7, 11) is 1.82. The fourth-order valence-electron chi connectivity index (χ4n) is 2.06. The zero-order chi connectivity index (χ0) is 14.8. The van der Waals surface area contributed by atoms with Gasteiger partial charge < -0.3 is 10.0 Å². The summed E-state index contributed by atoms with van der Waals surface area (Å²) < 4.78 is 0. The highest BCUT2D eigenvalue weighted by Gasteiger charge is 2.09. The zero-order valence-electron chi connectivity index (χ0n) is 12.0. The Hall–Kier alpha value is -1.84. The number of carbonyl (C=O) groups excluding carboxylic acids is 1. The normalized spacial score (nSPS) is 10.2. The fraction of sp³-hybridized carbons (Fsp3) is 0.500. The van der Waals surface area contributed by atoms with E-state index >= 15 is 0 Å². The maximum absolute atomic E-state index is 12.0. The average molecular weight is 277 g/mol. The van der Waals surface area contributed by atoms with Crippen LogP contribution in [0.1, 0.15) is 48.9 Å². The first-order valence-corrected chi connectivity index (χ1v) is 7.13. The number of carboxylic acids is 1. The summed E-state index contributed by atoms with van der Waals surface area (Å²) in [4.78, 5) is 24.1. The minimum atomic E-state index is -0.724. The van der Waals surface area contributed by atoms with Gasteiger partial charge in [-0.2, -0.15) is 0 Å². The van der Waals surface area contributed by atoms with Crippen LogP contribution in [0.15, 0.2) is 30.3 Å². The van der Waals surface area contributed by atoms with E-state index in [-0.39, 0.29) is 12.3 Å². The zero-order valence-corrected chi connectivity index (χ0v) is 12.0. The van der Waals surface area contributed by atoms with Gasteiger partial charge in [-0.15, -0.1) is 0 Å². The highest BCUT2D eigenvalue weighted by molar-refractivity contribution is 5.93. The Labute approximate surface area is 120 Å². The number of nitrogens with zero attached hydrogens (tertiary/aromatic N) is 1. The summed E-state index contributed by atoms with van der Waals surface area (Å²) in [6, 6.07) is 9.27. The number of hydrogen-bond donors (Lipinski definition) is 1. The molecule has 0 bridgehead atoms. The molecule has 0 spiro atoms. The van der Waals surface area contributed by atoms with E-state index in [1.807, 2.05) is 37.4 Å². The maximum atomic E-state index is 12.0. The summed E-state index contributed by atoms with van der Waals surface area (Å²) in [6.07, 6.45) is 4.97. The van der Waals surface area contributed by atoms with Crippen LogP contribution < -0.4 is 0 Å². The van der Waals surface area contributed by atoms with Gasteiger partial charge >= 0.3 is 5.97 Å². The van der Waals surface area contributed by atoms with Crippen LogP contribution in [-0.4, -0.2) is 35.5 Å². The van der Waals surface area contributed by atoms with E-state index in [2.05, 4.69) is 0 Å². The van der Waals surface area contributed by atoms with E-state index in [4.69, 9.17) is 5.11 Å². The number of unbranched alkanes of at least 4 members (excludes halogenated alkanes) is 4. The summed E-state index contributed by atoms with van der Waals surface area (Å²) >= 11 is 0. The quantitative estimate of drug-likeness (QED) is 0.705. The van der Waals surface area contributed by atoms with Gasteiger partial charge in [-0.25, -0.2) is 0 Å². The van der Waals surface area contributed by atoms with Crippen molar-refractivity contribution in [2.75, 3.05) is 13.6 Å². The lowest BCUT2D eigenvalue weighted by Gasteiger charge is -2.17. The van der Waals surface area contributed by atoms with Gasteiger partial charge in [-0.05, 0) is 25.0 Å². The van der Waals surface area contributed by atoms with Crippen molar-refractivity contribution < 1.29 is 14.7 Å². The standard InChI is InChI=1S/C16H23NO3/c1-17(16(20)14-10-6-5-7-11-14)13-9-4-2-3-8-12-15(18)19/h5-7,10-11H,2-4,8-9,12-13H2,1H3,(H,18,19). The molecule has 0 heterocycles. The fourth-order valence-corrected chi connectivity index (χ4v) is 2.06. The number of aliphatic carboxylic acids is 1. The van der Waals surface area contributed by atoms with Gasteiger partial charge in [0, 0.05) is 25.6 Å². The molecule has 1 aromatic rings. The molecule has 0 saturated heterocycles. The Bertz CT molecular complexity index is 417. The Morgan fingerprint density at radius 1 is 1.00 bits per heavy atom. The van der Waals surface area contributed by atoms with E-state index in [0.717, 1.165) is 44.2 Å². The highest BCUT2D eigenvalue weighted by atomic mass is 16.4. The first-order chi connectivity index (χ1) is 9.61. The third-order valence-electron chi connectivity index (χ3n) is 3.25. The number of benzene rings is 1. The number of amides is 1. The molecule has 0 saturated carbocycles. The van der Waals surface area contributed by atoms with Crippen molar-refractivity contribution in [3.05, 3.63) is 35.9 Å². The molecule has 0 radical (unpaired) electrons. The van der Waals surface area contributed by atoms with Crippen molar-refractivity contribution in [1.29, 1.82) is 0 Å². The predicted octanol–water partition coefficient (Wildman–Crippen LogP) is 3.18. The number of rotatable bonds is 9. The Morgan fingerprint density at radius 3 is 2.25 bits per heavy atom. The summed E-state index contributed by atoms with van der Waals surface area (Å²) in [6.45, 7) is 0.743. The number of carbonyl (C=O) groups is 2. The van der Waals surface area contributed by atoms with E-state index in [1.54, 1.807) is 4.90 Å². The third kappa shape index (κ3) is 6.36. The van der Waals surface area contributed by atoms with Gasteiger partial charge in [0.05, 0.1) is 0 Å². The molecule has 1 aromatic carbocycles. The van der Waals surface area contributed by atoms with Gasteiger partial charge in [0.25, 0.3) is 5.91 Å². The van der Waals surface area contributed by atoms with Crippen molar-refractivity contribution in [1.82, 2.24) is 4.90 Å². The Kier molecular flexibility index (Phi) is 7.40. The average Bonchev–Trinajstić information content (AvgIpc) is 2.45. The first kappa shape index (κ1) is 16.2. The van der Waals surface area contributed by atoms with Crippen LogP contribution in [0.2, 0.25) is 0 Å². The molecule has 0 aliphatic carbocycles. The largest absolute Gasteiger partial charge is 0.481 e. The van der Waals surface area contributed by atoms with Crippen LogP contribution in [0, 0.1) is 0 Å². The van der Waals surface area contributed by atoms with E-state index < -0.39 is 5.97 Å². The maximum Gasteiger partial charge on any atom is 0.303 e. The van der Waals surface area contributed by atoms with E-state index in [9.17, 15) is 9.59 Å². The SMILES string of the molecule is CN(CCCCCCCC(=O)O)C(=O)c1ccccc1. The van der Waals surface area contributed by atoms with Crippen molar-refractivity contribution in [2.45, 2.75) is 38.5 Å². The smallest absolute Gasteiger partial charge is 0.303 e. The molecule has 110 valence electrons. The van der Waals surface area contributed by atoms with Crippen molar-refractivity contribution in [3.63, 3.8) is 0 Å². The van der Waals surface area contributed by atoms with Crippen LogP contribution in [0.25, 0.3) is 0 Å². The molecule has 4 heteroatoms. The van der Waals surface area contributed by atoms with E-state index in [0.29, 0.717) is 0 Å². The van der Waals surface area contributed by atoms with Crippen molar-refractivity contribution >= 4 is 11.9 Å². The molecule has 0 aliphatic rings. The Balaban J connectivity index is 2.13. The van der Waals surface area contributed by atoms with Crippen LogP contribution >= 0.6 is 0 Å². The van der Waals surface area contributed by atoms with Crippen LogP contribution in [0.4, 0.5) is 0 Å². The Morgan fingerprint density at radius 2 is 1.60 bits per heavy atom. The second-order valence-electron chi connectivity index (χ2n) is 5.00. The second kappa shape index (κ2) is 9.13. The lowest BCUT2D eigenvalue weighted by Crippen LogP contribution is -2.27. The lowest BCUT2D eigenvalue weighted by atomic mass is 10.1. The molecule has 0 fully saturated rings. The lowest BCUT2D eigenvalue weighted by molar-refractivity contribution is -0.137. The second-order valence-corrected chi connectivity index (χ2v) is 5.00. The molecule has 1 rings (SSSR count). The predicted molar refractivity (Wildman–Crippen MR) is 78.7 cm³/mol. The number of carboxylic acid groups (broad SMARTS) is 1. The van der Waals surface area contributed by atoms with Gasteiger partial charge in [0.1, 0.15) is 0 Å². The van der Waals surface area contributed by atoms with Crippen LogP contribution in [0.3, 0.4) is 0 Å². The first-order valence-electron chi connectivity index (χ1n) is 7.13. The molecular weight excluding hydrogens is 254 g/mol. The van der Waals surface area contributed by atoms with Crippen molar-refractivity contribution in [2.24, 2.45) is 0 Å². The van der Waals surface area contributed by atoms with Crippen molar-refractivity contribution in [3.8, 4) is 0 Å². The topological polar surface area (TPSA) is 57.6 Å². The minimum absolute atomic E-state index is 0.0523. The van der Waals surface area contributed by atoms with Gasteiger partial charge in [0.2, 0.25) is 0 Å². The molecule has 1 N–H and O–H groups in total. The molecule has 0 atom stereocenters. The molecule has 0 unspecified atom stereocenters. The summed E-state index contributed by atoms with van der Waals surface area (Å²) in [5.41, 5.74) is 0.719. The molecule has 4 nitrogen and oxygen atoms in total. The van der Waals surface area contributed by atoms with E-state index in [1.165, 1.54) is 0 Å². The highest BCUT2D eigenvalue weighted by Crippen LogP contribution is 2.08. The molecular formula is C16H23NO3. The van der Waals surface area contributed by atoms with Gasteiger partial charge in [0.15, 0.2) is 0 Å².